The third-order valence-electron chi connectivity index (χ3n) is 10.1. The molecule has 0 atom stereocenters. The molecule has 7 aromatic carbocycles. The molecule has 0 unspecified atom stereocenters. The highest BCUT2D eigenvalue weighted by atomic mass is 16.5. The number of aromatic amines is 1. The number of carbonyl (C=O) groups is 1. The maximum atomic E-state index is 14.2. The molecular formula is C37H17N4O3+. The first kappa shape index (κ1) is 21.6. The molecule has 0 fully saturated rings. The van der Waals surface area contributed by atoms with E-state index < -0.39 is 0 Å². The van der Waals surface area contributed by atoms with Crippen molar-refractivity contribution in [2.45, 2.75) is 6.61 Å². The Bertz CT molecular complexity index is 3100. The summed E-state index contributed by atoms with van der Waals surface area (Å²) < 4.78 is 9.99. The van der Waals surface area contributed by atoms with Crippen molar-refractivity contribution in [1.29, 1.82) is 0 Å². The van der Waals surface area contributed by atoms with E-state index in [1.807, 2.05) is 60.7 Å². The van der Waals surface area contributed by atoms with Gasteiger partial charge in [0.2, 0.25) is 0 Å². The van der Waals surface area contributed by atoms with E-state index in [9.17, 15) is 9.59 Å². The SMILES string of the molecule is O=C1c2cc3c4c5c(cc6c(=O)n7c8ccccc8nc7c7ccc(c8ccc(c2c84)-c2[nH]c4ccccc4[n+]21)c5c67)CO3. The number of para-hydroxylation sites is 4. The van der Waals surface area contributed by atoms with Crippen LogP contribution in [0.5, 0.6) is 5.75 Å². The van der Waals surface area contributed by atoms with Gasteiger partial charge < -0.3 is 4.74 Å². The molecule has 202 valence electrons. The normalized spacial score (nSPS) is 14.1. The molecule has 0 bridgehead atoms. The Balaban J connectivity index is 1.34. The molecule has 0 saturated heterocycles. The first-order chi connectivity index (χ1) is 21.7. The standard InChI is InChI=1S/C37H16N4O3/c42-36-21-13-16-15-44-27-14-22-30-20(35-39-24-6-2-4-8-26(24)41(35)37(22)43)12-10-18-17-9-11-19(29(21)31(17)28(16)33(27)32(18)30)34-38-23-5-1-3-7-25(23)40(34)36/h1-14H,15H2/p+1. The van der Waals surface area contributed by atoms with Gasteiger partial charge in [-0.3, -0.25) is 9.20 Å². The lowest BCUT2D eigenvalue weighted by Crippen LogP contribution is -2.46. The number of nitrogens with one attached hydrogen (secondary N) is 1. The van der Waals surface area contributed by atoms with Crippen molar-refractivity contribution in [1.82, 2.24) is 14.4 Å². The third-order valence-corrected chi connectivity index (χ3v) is 10.1. The van der Waals surface area contributed by atoms with Crippen LogP contribution in [0.15, 0.2) is 89.7 Å². The molecule has 3 aromatic heterocycles. The Kier molecular flexibility index (Phi) is 3.32. The van der Waals surface area contributed by atoms with Gasteiger partial charge in [0.05, 0.1) is 22.2 Å². The van der Waals surface area contributed by atoms with Gasteiger partial charge in [-0.2, -0.15) is 4.57 Å². The zero-order chi connectivity index (χ0) is 28.6. The summed E-state index contributed by atoms with van der Waals surface area (Å²) in [7, 11) is 0. The second-order valence-electron chi connectivity index (χ2n) is 12.1. The molecule has 44 heavy (non-hydrogen) atoms. The number of aromatic nitrogens is 4. The van der Waals surface area contributed by atoms with Crippen LogP contribution in [0.25, 0.3) is 93.0 Å². The minimum atomic E-state index is -0.0723. The zero-order valence-corrected chi connectivity index (χ0v) is 22.9. The molecule has 7 heteroatoms. The number of benzene rings is 7. The fourth-order valence-electron chi connectivity index (χ4n) is 8.38. The molecule has 2 aliphatic heterocycles. The summed E-state index contributed by atoms with van der Waals surface area (Å²) >= 11 is 0. The number of nitrogens with zero attached hydrogens (tertiary/aromatic N) is 3. The summed E-state index contributed by atoms with van der Waals surface area (Å²) in [4.78, 5) is 36.9. The smallest absolute Gasteiger partial charge is 0.347 e. The van der Waals surface area contributed by atoms with Crippen LogP contribution in [0.4, 0.5) is 0 Å². The number of carbonyl (C=O) groups excluding carboxylic acids is 1. The molecule has 0 spiro atoms. The second kappa shape index (κ2) is 6.76. The van der Waals surface area contributed by atoms with Crippen molar-refractivity contribution in [3.8, 4) is 17.1 Å². The van der Waals surface area contributed by atoms with E-state index in [1.54, 1.807) is 8.97 Å². The summed E-state index contributed by atoms with van der Waals surface area (Å²) in [6.45, 7) is 0.319. The monoisotopic (exact) mass is 565 g/mol. The highest BCUT2D eigenvalue weighted by Gasteiger charge is 2.38. The van der Waals surface area contributed by atoms with Gasteiger partial charge in [0.15, 0.2) is 11.0 Å². The van der Waals surface area contributed by atoms with Crippen molar-refractivity contribution in [3.05, 3.63) is 106 Å². The molecular weight excluding hydrogens is 548 g/mol. The fourth-order valence-corrected chi connectivity index (χ4v) is 8.38. The number of pyridine rings is 1. The molecule has 2 aliphatic rings. The van der Waals surface area contributed by atoms with Crippen molar-refractivity contribution < 1.29 is 14.1 Å². The predicted molar refractivity (Wildman–Crippen MR) is 170 cm³/mol. The number of hydrogen-bond acceptors (Lipinski definition) is 4. The predicted octanol–water partition coefficient (Wildman–Crippen LogP) is 6.82. The average molecular weight is 566 g/mol. The van der Waals surface area contributed by atoms with E-state index in [2.05, 4.69) is 29.2 Å². The number of ether oxygens (including phenoxy) is 1. The van der Waals surface area contributed by atoms with Gasteiger partial charge >= 0.3 is 5.91 Å². The van der Waals surface area contributed by atoms with E-state index in [0.717, 1.165) is 87.5 Å². The molecule has 1 N–H and O–H groups in total. The first-order valence-corrected chi connectivity index (χ1v) is 14.7. The Morgan fingerprint density at radius 3 is 2.45 bits per heavy atom. The van der Waals surface area contributed by atoms with E-state index in [-0.39, 0.29) is 11.5 Å². The van der Waals surface area contributed by atoms with Crippen LogP contribution in [0, 0.1) is 0 Å². The van der Waals surface area contributed by atoms with Crippen LogP contribution in [0.2, 0.25) is 0 Å². The van der Waals surface area contributed by atoms with Gasteiger partial charge in [0, 0.05) is 37.7 Å². The molecule has 12 rings (SSSR count). The molecule has 0 amide bonds. The molecule has 0 aliphatic carbocycles. The topological polar surface area (TPSA) is 80.3 Å². The minimum absolute atomic E-state index is 0.0696. The molecule has 0 saturated carbocycles. The minimum Gasteiger partial charge on any atom is -0.488 e. The fraction of sp³-hybridized carbons (Fsp3) is 0.0270. The highest BCUT2D eigenvalue weighted by molar-refractivity contribution is 6.41. The van der Waals surface area contributed by atoms with Gasteiger partial charge in [0.25, 0.3) is 11.4 Å². The lowest BCUT2D eigenvalue weighted by atomic mass is 9.81. The van der Waals surface area contributed by atoms with Gasteiger partial charge in [-0.15, -0.1) is 0 Å². The Morgan fingerprint density at radius 2 is 1.52 bits per heavy atom. The van der Waals surface area contributed by atoms with Gasteiger partial charge in [0.1, 0.15) is 18.0 Å². The molecule has 7 nitrogen and oxygen atoms in total. The summed E-state index contributed by atoms with van der Waals surface area (Å²) in [6.07, 6.45) is 0. The third kappa shape index (κ3) is 2.14. The number of hydrogen-bond donors (Lipinski definition) is 1. The van der Waals surface area contributed by atoms with Crippen LogP contribution in [0.3, 0.4) is 0 Å². The number of rotatable bonds is 0. The van der Waals surface area contributed by atoms with Gasteiger partial charge in [-0.05, 0) is 70.3 Å². The van der Waals surface area contributed by atoms with Crippen molar-refractivity contribution in [3.63, 3.8) is 0 Å². The van der Waals surface area contributed by atoms with Crippen LogP contribution in [-0.4, -0.2) is 20.3 Å². The Labute approximate surface area is 245 Å². The van der Waals surface area contributed by atoms with E-state index in [1.165, 1.54) is 0 Å². The van der Waals surface area contributed by atoms with Crippen molar-refractivity contribution in [2.24, 2.45) is 0 Å². The first-order valence-electron chi connectivity index (χ1n) is 14.7. The van der Waals surface area contributed by atoms with Crippen LogP contribution < -0.4 is 14.9 Å². The largest absolute Gasteiger partial charge is 0.488 e. The molecule has 10 aromatic rings. The molecule has 0 radical (unpaired) electrons. The van der Waals surface area contributed by atoms with Gasteiger partial charge in [-0.25, -0.2) is 14.8 Å². The maximum absolute atomic E-state index is 14.2. The summed E-state index contributed by atoms with van der Waals surface area (Å²) in [5, 5.41) is 9.78. The molecule has 5 heterocycles. The van der Waals surface area contributed by atoms with Crippen LogP contribution in [0.1, 0.15) is 15.9 Å². The number of H-pyrrole nitrogens is 1. The van der Waals surface area contributed by atoms with E-state index in [0.29, 0.717) is 29.0 Å². The lowest BCUT2D eigenvalue weighted by Gasteiger charge is -2.26. The Hall–Kier alpha value is -6.08. The summed E-state index contributed by atoms with van der Waals surface area (Å²) in [5.74, 6) is 1.42. The Morgan fingerprint density at radius 1 is 0.727 bits per heavy atom. The number of fused-ring (bicyclic) bond motifs is 9. The highest BCUT2D eigenvalue weighted by Crippen LogP contribution is 2.52. The van der Waals surface area contributed by atoms with E-state index in [4.69, 9.17) is 9.72 Å². The second-order valence-corrected chi connectivity index (χ2v) is 12.1. The maximum Gasteiger partial charge on any atom is 0.347 e. The van der Waals surface area contributed by atoms with Crippen LogP contribution in [-0.2, 0) is 6.61 Å². The van der Waals surface area contributed by atoms with E-state index >= 15 is 0 Å². The number of imidazole rings is 2. The summed E-state index contributed by atoms with van der Waals surface area (Å²) in [6, 6.07) is 28.2. The lowest BCUT2D eigenvalue weighted by molar-refractivity contribution is -0.530. The van der Waals surface area contributed by atoms with Crippen molar-refractivity contribution in [2.75, 3.05) is 0 Å². The van der Waals surface area contributed by atoms with Crippen LogP contribution >= 0.6 is 0 Å². The van der Waals surface area contributed by atoms with Crippen molar-refractivity contribution >= 4 is 87.5 Å². The quantitative estimate of drug-likeness (QED) is 0.124. The van der Waals surface area contributed by atoms with Gasteiger partial charge in [-0.1, -0.05) is 36.4 Å². The summed E-state index contributed by atoms with van der Waals surface area (Å²) in [5.41, 5.74) is 6.58. The average Bonchev–Trinajstić information content (AvgIpc) is 3.65. The zero-order valence-electron chi connectivity index (χ0n) is 22.9.